The van der Waals surface area contributed by atoms with Gasteiger partial charge in [0, 0.05) is 31.4 Å². The number of carbonyl (C=O) groups excluding carboxylic acids is 1. The molecule has 1 aliphatic carbocycles. The van der Waals surface area contributed by atoms with Crippen molar-refractivity contribution in [1.29, 1.82) is 0 Å². The van der Waals surface area contributed by atoms with Gasteiger partial charge < -0.3 is 14.8 Å². The minimum Gasteiger partial charge on any atom is -0.491 e. The average Bonchev–Trinajstić information content (AvgIpc) is 2.60. The molecule has 0 heterocycles. The van der Waals surface area contributed by atoms with Crippen LogP contribution >= 0.6 is 0 Å². The number of alkyl halides is 2. The van der Waals surface area contributed by atoms with E-state index in [1.54, 1.807) is 6.07 Å². The molecule has 1 aromatic carbocycles. The van der Waals surface area contributed by atoms with Gasteiger partial charge in [0.25, 0.3) is 0 Å². The fourth-order valence-corrected chi connectivity index (χ4v) is 2.66. The molecule has 0 unspecified atom stereocenters. The van der Waals surface area contributed by atoms with Crippen molar-refractivity contribution in [3.05, 3.63) is 29.6 Å². The zero-order valence-electron chi connectivity index (χ0n) is 16.5. The molecule has 7 heteroatoms. The topological polar surface area (TPSA) is 47.6 Å². The lowest BCUT2D eigenvalue weighted by atomic mass is 9.81. The van der Waals surface area contributed by atoms with Crippen LogP contribution in [0.1, 0.15) is 52.0 Å². The molecule has 2 rings (SSSR count). The van der Waals surface area contributed by atoms with Crippen LogP contribution in [-0.2, 0) is 9.53 Å². The number of amides is 1. The lowest BCUT2D eigenvalue weighted by molar-refractivity contribution is -0.150. The van der Waals surface area contributed by atoms with Crippen molar-refractivity contribution in [3.8, 4) is 5.75 Å². The Morgan fingerprint density at radius 2 is 1.89 bits per heavy atom. The maximum Gasteiger partial charge on any atom is 0.249 e. The summed E-state index contributed by atoms with van der Waals surface area (Å²) in [5.74, 6) is -3.29. The predicted molar refractivity (Wildman–Crippen MR) is 98.8 cm³/mol. The summed E-state index contributed by atoms with van der Waals surface area (Å²) < 4.78 is 49.6. The van der Waals surface area contributed by atoms with Crippen LogP contribution in [0.4, 0.5) is 13.2 Å². The van der Waals surface area contributed by atoms with Gasteiger partial charge in [-0.05, 0) is 17.5 Å². The van der Waals surface area contributed by atoms with E-state index in [1.165, 1.54) is 12.1 Å². The Morgan fingerprint density at radius 3 is 2.48 bits per heavy atom. The van der Waals surface area contributed by atoms with E-state index in [4.69, 9.17) is 9.47 Å². The van der Waals surface area contributed by atoms with Gasteiger partial charge in [-0.2, -0.15) is 0 Å². The van der Waals surface area contributed by atoms with Gasteiger partial charge in [0.15, 0.2) is 0 Å². The third-order valence-electron chi connectivity index (χ3n) is 4.09. The molecule has 1 amide bonds. The van der Waals surface area contributed by atoms with Crippen LogP contribution in [0, 0.1) is 11.7 Å². The van der Waals surface area contributed by atoms with Crippen LogP contribution in [0.5, 0.6) is 5.75 Å². The Hall–Kier alpha value is -1.76. The van der Waals surface area contributed by atoms with E-state index in [0.29, 0.717) is 5.75 Å². The van der Waals surface area contributed by atoms with Crippen molar-refractivity contribution in [2.45, 2.75) is 52.4 Å². The van der Waals surface area contributed by atoms with E-state index < -0.39 is 11.8 Å². The average molecular weight is 389 g/mol. The minimum absolute atomic E-state index is 0.214. The number of carbonyl (C=O) groups is 1. The largest absolute Gasteiger partial charge is 0.491 e. The summed E-state index contributed by atoms with van der Waals surface area (Å²) in [6, 6.07) is 4.46. The second kappa shape index (κ2) is 11.2. The van der Waals surface area contributed by atoms with Gasteiger partial charge in [-0.1, -0.05) is 33.8 Å². The molecule has 0 saturated heterocycles. The first-order valence-electron chi connectivity index (χ1n) is 9.44. The highest BCUT2D eigenvalue weighted by Gasteiger charge is 2.48. The van der Waals surface area contributed by atoms with E-state index >= 15 is 0 Å². The second-order valence-electron chi connectivity index (χ2n) is 6.55. The number of hydrogen-bond acceptors (Lipinski definition) is 3. The lowest BCUT2D eigenvalue weighted by Gasteiger charge is -2.33. The third-order valence-corrected chi connectivity index (χ3v) is 4.09. The number of nitrogens with one attached hydrogen (secondary N) is 1. The third kappa shape index (κ3) is 7.79. The van der Waals surface area contributed by atoms with Crippen LogP contribution in [0.2, 0.25) is 0 Å². The lowest BCUT2D eigenvalue weighted by Crippen LogP contribution is -2.45. The molecule has 154 valence electrons. The molecule has 0 aromatic heterocycles. The van der Waals surface area contributed by atoms with Gasteiger partial charge in [-0.3, -0.25) is 4.79 Å². The van der Waals surface area contributed by atoms with Gasteiger partial charge in [0.1, 0.15) is 18.2 Å². The first-order chi connectivity index (χ1) is 12.8. The molecule has 27 heavy (non-hydrogen) atoms. The molecule has 0 radical (unpaired) electrons. The molecule has 1 saturated carbocycles. The summed E-state index contributed by atoms with van der Waals surface area (Å²) >= 11 is 0. The second-order valence-corrected chi connectivity index (χ2v) is 6.55. The molecule has 1 N–H and O–H groups in total. The van der Waals surface area contributed by atoms with Crippen LogP contribution < -0.4 is 10.1 Å². The van der Waals surface area contributed by atoms with E-state index in [1.807, 2.05) is 27.7 Å². The van der Waals surface area contributed by atoms with E-state index in [-0.39, 0.29) is 56.8 Å². The van der Waals surface area contributed by atoms with Crippen LogP contribution in [0.25, 0.3) is 0 Å². The van der Waals surface area contributed by atoms with Crippen molar-refractivity contribution in [1.82, 2.24) is 5.32 Å². The zero-order chi connectivity index (χ0) is 20.4. The Kier molecular flexibility index (Phi) is 9.63. The van der Waals surface area contributed by atoms with Crippen molar-refractivity contribution in [2.75, 3.05) is 26.4 Å². The summed E-state index contributed by atoms with van der Waals surface area (Å²) in [4.78, 5) is 11.6. The highest BCUT2D eigenvalue weighted by atomic mass is 19.3. The summed E-state index contributed by atoms with van der Waals surface area (Å²) in [7, 11) is 0. The predicted octanol–water partition coefficient (Wildman–Crippen LogP) is 4.53. The summed E-state index contributed by atoms with van der Waals surface area (Å²) in [6.45, 7) is 9.06. The van der Waals surface area contributed by atoms with Crippen molar-refractivity contribution >= 4 is 5.91 Å². The quantitative estimate of drug-likeness (QED) is 0.631. The summed E-state index contributed by atoms with van der Waals surface area (Å²) in [5, 5.41) is 2.57. The molecule has 1 aliphatic rings. The SMILES string of the molecule is CC.CC(C)c1ccc(F)cc1OCCOCCNC(=O)C1CC(F)(F)C1. The van der Waals surface area contributed by atoms with Crippen molar-refractivity contribution < 1.29 is 27.4 Å². The normalized spacial score (nSPS) is 15.6. The summed E-state index contributed by atoms with van der Waals surface area (Å²) in [5.41, 5.74) is 0.922. The molecular weight excluding hydrogens is 359 g/mol. The van der Waals surface area contributed by atoms with Gasteiger partial charge in [0.05, 0.1) is 13.2 Å². The van der Waals surface area contributed by atoms with Gasteiger partial charge in [0.2, 0.25) is 11.8 Å². The number of benzene rings is 1. The van der Waals surface area contributed by atoms with E-state index in [9.17, 15) is 18.0 Å². The van der Waals surface area contributed by atoms with Crippen molar-refractivity contribution in [3.63, 3.8) is 0 Å². The summed E-state index contributed by atoms with van der Waals surface area (Å²) in [6.07, 6.45) is -0.751. The standard InChI is InChI=1S/C18H24F3NO3.C2H6/c1-12(2)15-4-3-14(19)9-16(15)25-8-7-24-6-5-22-17(23)13-10-18(20,21)11-13;1-2/h3-4,9,12-13H,5-8,10-11H2,1-2H3,(H,22,23);1-2H3. The van der Waals surface area contributed by atoms with E-state index in [0.717, 1.165) is 5.56 Å². The molecule has 1 aromatic rings. The fourth-order valence-electron chi connectivity index (χ4n) is 2.66. The monoisotopic (exact) mass is 389 g/mol. The van der Waals surface area contributed by atoms with Crippen LogP contribution in [0.3, 0.4) is 0 Å². The van der Waals surface area contributed by atoms with Gasteiger partial charge in [-0.15, -0.1) is 0 Å². The minimum atomic E-state index is -2.69. The molecule has 0 spiro atoms. The molecule has 0 atom stereocenters. The number of ether oxygens (including phenoxy) is 2. The maximum absolute atomic E-state index is 13.3. The number of rotatable bonds is 9. The Bertz CT molecular complexity index is 586. The molecule has 4 nitrogen and oxygen atoms in total. The number of hydrogen-bond donors (Lipinski definition) is 1. The molecular formula is C20H30F3NO3. The van der Waals surface area contributed by atoms with Crippen LogP contribution in [0.15, 0.2) is 18.2 Å². The Balaban J connectivity index is 0.00000176. The molecule has 0 bridgehead atoms. The Labute approximate surface area is 159 Å². The molecule has 0 aliphatic heterocycles. The fraction of sp³-hybridized carbons (Fsp3) is 0.650. The smallest absolute Gasteiger partial charge is 0.249 e. The van der Waals surface area contributed by atoms with Gasteiger partial charge in [-0.25, -0.2) is 13.2 Å². The number of halogens is 3. The highest BCUT2D eigenvalue weighted by Crippen LogP contribution is 2.42. The van der Waals surface area contributed by atoms with Crippen LogP contribution in [-0.4, -0.2) is 38.2 Å². The highest BCUT2D eigenvalue weighted by molar-refractivity contribution is 5.79. The van der Waals surface area contributed by atoms with E-state index in [2.05, 4.69) is 5.32 Å². The van der Waals surface area contributed by atoms with Gasteiger partial charge >= 0.3 is 0 Å². The van der Waals surface area contributed by atoms with Crippen molar-refractivity contribution in [2.24, 2.45) is 5.92 Å². The Morgan fingerprint density at radius 1 is 1.22 bits per heavy atom. The first-order valence-corrected chi connectivity index (χ1v) is 9.44. The maximum atomic E-state index is 13.3. The molecule has 1 fully saturated rings. The first kappa shape index (κ1) is 23.3. The zero-order valence-corrected chi connectivity index (χ0v) is 16.5.